The Morgan fingerprint density at radius 2 is 1.88 bits per heavy atom. The third kappa shape index (κ3) is 3.91. The van der Waals surface area contributed by atoms with Crippen molar-refractivity contribution in [2.24, 2.45) is 0 Å². The first-order chi connectivity index (χ1) is 11.8. The highest BCUT2D eigenvalue weighted by Crippen LogP contribution is 2.13. The number of H-pyrrole nitrogens is 1. The summed E-state index contributed by atoms with van der Waals surface area (Å²) in [5, 5.41) is 3.72. The maximum Gasteiger partial charge on any atom is 0.260 e. The van der Waals surface area contributed by atoms with Crippen molar-refractivity contribution in [1.29, 1.82) is 0 Å². The lowest BCUT2D eigenvalue weighted by molar-refractivity contribution is 0.146. The topological polar surface area (TPSA) is 76.2 Å². The molecule has 0 saturated heterocycles. The molecule has 3 rings (SSSR count). The van der Waals surface area contributed by atoms with Crippen molar-refractivity contribution in [1.82, 2.24) is 9.97 Å². The maximum atomic E-state index is 12.0. The van der Waals surface area contributed by atoms with Crippen LogP contribution in [0.25, 0.3) is 10.9 Å². The summed E-state index contributed by atoms with van der Waals surface area (Å²) >= 11 is 0. The molecule has 0 aliphatic heterocycles. The summed E-state index contributed by atoms with van der Waals surface area (Å²) in [6.45, 7) is 1.64. The van der Waals surface area contributed by atoms with E-state index in [1.165, 1.54) is 0 Å². The number of hydrogen-bond acceptors (Lipinski definition) is 5. The molecule has 2 N–H and O–H groups in total. The van der Waals surface area contributed by atoms with Crippen molar-refractivity contribution < 1.29 is 9.47 Å². The normalized spacial score (nSPS) is 10.7. The Labute approximate surface area is 139 Å². The Morgan fingerprint density at radius 1 is 1.08 bits per heavy atom. The van der Waals surface area contributed by atoms with Crippen LogP contribution in [0.2, 0.25) is 0 Å². The van der Waals surface area contributed by atoms with E-state index in [0.29, 0.717) is 36.6 Å². The van der Waals surface area contributed by atoms with Gasteiger partial charge in [0.1, 0.15) is 12.4 Å². The van der Waals surface area contributed by atoms with E-state index < -0.39 is 0 Å². The molecule has 0 saturated carbocycles. The van der Waals surface area contributed by atoms with Gasteiger partial charge >= 0.3 is 0 Å². The van der Waals surface area contributed by atoms with Gasteiger partial charge in [-0.25, -0.2) is 4.98 Å². The van der Waals surface area contributed by atoms with Crippen LogP contribution in [0.5, 0.6) is 5.75 Å². The fourth-order valence-electron chi connectivity index (χ4n) is 2.30. The number of para-hydroxylation sites is 1. The summed E-state index contributed by atoms with van der Waals surface area (Å²) in [6, 6.07) is 15.0. The van der Waals surface area contributed by atoms with Gasteiger partial charge in [-0.2, -0.15) is 0 Å². The molecule has 1 heterocycles. The molecule has 0 fully saturated rings. The summed E-state index contributed by atoms with van der Waals surface area (Å²) in [5.74, 6) is 1.26. The molecule has 0 bridgehead atoms. The standard InChI is InChI=1S/C18H19N3O3/c1-23-10-11-24-14-8-6-13(7-9-14)12-19-18-20-16-5-3-2-4-15(16)17(22)21-18/h2-9H,10-12H2,1H3,(H2,19,20,21,22). The first-order valence-corrected chi connectivity index (χ1v) is 7.70. The zero-order chi connectivity index (χ0) is 16.8. The zero-order valence-electron chi connectivity index (χ0n) is 13.4. The van der Waals surface area contributed by atoms with E-state index in [1.54, 1.807) is 13.2 Å². The first kappa shape index (κ1) is 16.0. The van der Waals surface area contributed by atoms with Gasteiger partial charge < -0.3 is 14.8 Å². The Morgan fingerprint density at radius 3 is 2.67 bits per heavy atom. The first-order valence-electron chi connectivity index (χ1n) is 7.70. The number of nitrogens with zero attached hydrogens (tertiary/aromatic N) is 1. The van der Waals surface area contributed by atoms with Crippen molar-refractivity contribution in [3.05, 3.63) is 64.4 Å². The minimum Gasteiger partial charge on any atom is -0.491 e. The summed E-state index contributed by atoms with van der Waals surface area (Å²) in [4.78, 5) is 19.2. The summed E-state index contributed by atoms with van der Waals surface area (Å²) < 4.78 is 10.5. The van der Waals surface area contributed by atoms with Crippen molar-refractivity contribution in [3.8, 4) is 5.75 Å². The van der Waals surface area contributed by atoms with Crippen molar-refractivity contribution >= 4 is 16.9 Å². The number of aromatic nitrogens is 2. The molecule has 6 heteroatoms. The second-order valence-electron chi connectivity index (χ2n) is 5.27. The second-order valence-corrected chi connectivity index (χ2v) is 5.27. The lowest BCUT2D eigenvalue weighted by atomic mass is 10.2. The smallest absolute Gasteiger partial charge is 0.260 e. The Bertz CT molecular complexity index is 859. The van der Waals surface area contributed by atoms with Crippen molar-refractivity contribution in [3.63, 3.8) is 0 Å². The minimum atomic E-state index is -0.148. The molecule has 6 nitrogen and oxygen atoms in total. The molecule has 2 aromatic carbocycles. The van der Waals surface area contributed by atoms with E-state index in [0.717, 1.165) is 11.3 Å². The highest BCUT2D eigenvalue weighted by atomic mass is 16.5. The van der Waals surface area contributed by atoms with Crippen LogP contribution in [0.3, 0.4) is 0 Å². The number of rotatable bonds is 7. The molecule has 24 heavy (non-hydrogen) atoms. The Balaban J connectivity index is 1.64. The van der Waals surface area contributed by atoms with Crippen molar-refractivity contribution in [2.75, 3.05) is 25.6 Å². The molecular formula is C18H19N3O3. The molecule has 0 atom stereocenters. The van der Waals surface area contributed by atoms with Gasteiger partial charge in [-0.05, 0) is 29.8 Å². The third-order valence-electron chi connectivity index (χ3n) is 3.55. The second kappa shape index (κ2) is 7.61. The number of fused-ring (bicyclic) bond motifs is 1. The number of anilines is 1. The van der Waals surface area contributed by atoms with Crippen LogP contribution < -0.4 is 15.6 Å². The fraction of sp³-hybridized carbons (Fsp3) is 0.222. The van der Waals surface area contributed by atoms with Gasteiger partial charge in [0.15, 0.2) is 0 Å². The van der Waals surface area contributed by atoms with Gasteiger partial charge in [-0.1, -0.05) is 24.3 Å². The van der Waals surface area contributed by atoms with Gasteiger partial charge in [-0.3, -0.25) is 9.78 Å². The lowest BCUT2D eigenvalue weighted by Crippen LogP contribution is -2.13. The molecule has 0 spiro atoms. The van der Waals surface area contributed by atoms with Gasteiger partial charge in [0, 0.05) is 13.7 Å². The van der Waals surface area contributed by atoms with Gasteiger partial charge in [0.25, 0.3) is 5.56 Å². The SMILES string of the molecule is COCCOc1ccc(CNc2nc3ccccc3c(=O)[nH]2)cc1. The summed E-state index contributed by atoms with van der Waals surface area (Å²) in [5.41, 5.74) is 1.58. The quantitative estimate of drug-likeness (QED) is 0.653. The number of methoxy groups -OCH3 is 1. The van der Waals surface area contributed by atoms with Gasteiger partial charge in [-0.15, -0.1) is 0 Å². The number of benzene rings is 2. The molecule has 1 aromatic heterocycles. The van der Waals surface area contributed by atoms with E-state index >= 15 is 0 Å². The minimum absolute atomic E-state index is 0.148. The third-order valence-corrected chi connectivity index (χ3v) is 3.55. The monoisotopic (exact) mass is 325 g/mol. The number of aromatic amines is 1. The van der Waals surface area contributed by atoms with Gasteiger partial charge in [0.2, 0.25) is 5.95 Å². The average Bonchev–Trinajstić information content (AvgIpc) is 2.61. The van der Waals surface area contributed by atoms with Crippen LogP contribution in [0.15, 0.2) is 53.3 Å². The van der Waals surface area contributed by atoms with E-state index in [-0.39, 0.29) is 5.56 Å². The number of hydrogen-bond donors (Lipinski definition) is 2. The van der Waals surface area contributed by atoms with E-state index in [9.17, 15) is 4.79 Å². The van der Waals surface area contributed by atoms with E-state index in [1.807, 2.05) is 42.5 Å². The molecule has 0 unspecified atom stereocenters. The largest absolute Gasteiger partial charge is 0.491 e. The molecule has 124 valence electrons. The predicted octanol–water partition coefficient (Wildman–Crippen LogP) is 2.56. The molecule has 3 aromatic rings. The molecule has 0 amide bonds. The highest BCUT2D eigenvalue weighted by Gasteiger charge is 2.03. The molecule has 0 aliphatic rings. The molecule has 0 radical (unpaired) electrons. The van der Waals surface area contributed by atoms with Gasteiger partial charge in [0.05, 0.1) is 17.5 Å². The Hall–Kier alpha value is -2.86. The van der Waals surface area contributed by atoms with Crippen LogP contribution >= 0.6 is 0 Å². The van der Waals surface area contributed by atoms with E-state index in [4.69, 9.17) is 9.47 Å². The highest BCUT2D eigenvalue weighted by molar-refractivity contribution is 5.78. The average molecular weight is 325 g/mol. The van der Waals surface area contributed by atoms with Crippen LogP contribution in [0.1, 0.15) is 5.56 Å². The zero-order valence-corrected chi connectivity index (χ0v) is 13.4. The van der Waals surface area contributed by atoms with Crippen LogP contribution in [0, 0.1) is 0 Å². The summed E-state index contributed by atoms with van der Waals surface area (Å²) in [7, 11) is 1.64. The van der Waals surface area contributed by atoms with Crippen molar-refractivity contribution in [2.45, 2.75) is 6.54 Å². The molecular weight excluding hydrogens is 306 g/mol. The number of nitrogens with one attached hydrogen (secondary N) is 2. The van der Waals surface area contributed by atoms with Crippen LogP contribution in [-0.4, -0.2) is 30.3 Å². The lowest BCUT2D eigenvalue weighted by Gasteiger charge is -2.08. The maximum absolute atomic E-state index is 12.0. The van der Waals surface area contributed by atoms with Crippen LogP contribution in [-0.2, 0) is 11.3 Å². The Kier molecular flexibility index (Phi) is 5.08. The van der Waals surface area contributed by atoms with E-state index in [2.05, 4.69) is 15.3 Å². The number of ether oxygens (including phenoxy) is 2. The predicted molar refractivity (Wildman–Crippen MR) is 93.5 cm³/mol. The fourth-order valence-corrected chi connectivity index (χ4v) is 2.30. The molecule has 0 aliphatic carbocycles. The van der Waals surface area contributed by atoms with Crippen LogP contribution in [0.4, 0.5) is 5.95 Å². The summed E-state index contributed by atoms with van der Waals surface area (Å²) in [6.07, 6.45) is 0.